The van der Waals surface area contributed by atoms with Crippen molar-refractivity contribution in [2.45, 2.75) is 45.0 Å². The van der Waals surface area contributed by atoms with Crippen LogP contribution in [0.3, 0.4) is 0 Å². The maximum absolute atomic E-state index is 11.7. The van der Waals surface area contributed by atoms with E-state index in [0.29, 0.717) is 12.5 Å². The number of piperidine rings is 1. The van der Waals surface area contributed by atoms with Gasteiger partial charge in [-0.15, -0.1) is 0 Å². The largest absolute Gasteiger partial charge is 0.393 e. The minimum atomic E-state index is -2.92. The van der Waals surface area contributed by atoms with Crippen LogP contribution in [-0.2, 0) is 9.84 Å². The van der Waals surface area contributed by atoms with E-state index < -0.39 is 9.84 Å². The van der Waals surface area contributed by atoms with E-state index >= 15 is 0 Å². The standard InChI is InChI=1S/C12H25NO3S/c1-10(2)17(15,16)9-8-13-6-4-12(5-7-13)11(3)14/h10-12,14H,4-9H2,1-3H3. The van der Waals surface area contributed by atoms with Crippen molar-refractivity contribution < 1.29 is 13.5 Å². The Kier molecular flexibility index (Phi) is 5.41. The third-order valence-corrected chi connectivity index (χ3v) is 5.91. The molecule has 1 saturated heterocycles. The molecule has 4 nitrogen and oxygen atoms in total. The number of hydrogen-bond acceptors (Lipinski definition) is 4. The van der Waals surface area contributed by atoms with Gasteiger partial charge in [-0.05, 0) is 52.6 Å². The second kappa shape index (κ2) is 6.16. The molecule has 17 heavy (non-hydrogen) atoms. The topological polar surface area (TPSA) is 57.6 Å². The zero-order valence-electron chi connectivity index (χ0n) is 11.1. The molecule has 1 N–H and O–H groups in total. The first-order chi connectivity index (χ1) is 7.83. The van der Waals surface area contributed by atoms with E-state index in [1.807, 2.05) is 6.92 Å². The highest BCUT2D eigenvalue weighted by Crippen LogP contribution is 2.20. The van der Waals surface area contributed by atoms with Crippen molar-refractivity contribution in [2.24, 2.45) is 5.92 Å². The van der Waals surface area contributed by atoms with Gasteiger partial charge in [-0.25, -0.2) is 8.42 Å². The van der Waals surface area contributed by atoms with Crippen LogP contribution in [0, 0.1) is 5.92 Å². The molecule has 0 aliphatic carbocycles. The molecule has 0 saturated carbocycles. The van der Waals surface area contributed by atoms with Crippen LogP contribution < -0.4 is 0 Å². The predicted octanol–water partition coefficient (Wildman–Crippen LogP) is 0.902. The maximum atomic E-state index is 11.7. The summed E-state index contributed by atoms with van der Waals surface area (Å²) in [5.41, 5.74) is 0. The lowest BCUT2D eigenvalue weighted by atomic mass is 9.92. The van der Waals surface area contributed by atoms with Crippen molar-refractivity contribution in [3.05, 3.63) is 0 Å². The monoisotopic (exact) mass is 263 g/mol. The maximum Gasteiger partial charge on any atom is 0.153 e. The van der Waals surface area contributed by atoms with E-state index in [1.54, 1.807) is 13.8 Å². The second-order valence-corrected chi connectivity index (χ2v) is 8.01. The minimum absolute atomic E-state index is 0.239. The molecule has 0 amide bonds. The minimum Gasteiger partial charge on any atom is -0.393 e. The van der Waals surface area contributed by atoms with Crippen LogP contribution in [0.2, 0.25) is 0 Å². The molecule has 0 aromatic rings. The summed E-state index contributed by atoms with van der Waals surface area (Å²) in [5, 5.41) is 9.20. The fraction of sp³-hybridized carbons (Fsp3) is 1.00. The Hall–Kier alpha value is -0.130. The molecule has 1 unspecified atom stereocenters. The molecule has 1 fully saturated rings. The Morgan fingerprint density at radius 2 is 1.76 bits per heavy atom. The molecule has 1 aliphatic rings. The van der Waals surface area contributed by atoms with Crippen LogP contribution in [0.1, 0.15) is 33.6 Å². The van der Waals surface area contributed by atoms with Crippen LogP contribution in [0.5, 0.6) is 0 Å². The molecule has 0 aromatic carbocycles. The number of aliphatic hydroxyl groups is 1. The molecule has 0 aromatic heterocycles. The van der Waals surface area contributed by atoms with Gasteiger partial charge in [0.2, 0.25) is 0 Å². The molecule has 1 atom stereocenters. The Bertz CT molecular complexity index is 317. The molecule has 0 bridgehead atoms. The summed E-state index contributed by atoms with van der Waals surface area (Å²) in [6.07, 6.45) is 1.70. The molecule has 0 radical (unpaired) electrons. The Morgan fingerprint density at radius 1 is 1.24 bits per heavy atom. The first kappa shape index (κ1) is 14.9. The van der Waals surface area contributed by atoms with E-state index in [0.717, 1.165) is 25.9 Å². The van der Waals surface area contributed by atoms with E-state index in [2.05, 4.69) is 4.90 Å². The third-order valence-electron chi connectivity index (χ3n) is 3.72. The van der Waals surface area contributed by atoms with Gasteiger partial charge in [-0.2, -0.15) is 0 Å². The summed E-state index contributed by atoms with van der Waals surface area (Å²) in [4.78, 5) is 2.19. The number of hydrogen-bond donors (Lipinski definition) is 1. The van der Waals surface area contributed by atoms with Crippen LogP contribution >= 0.6 is 0 Å². The summed E-state index contributed by atoms with van der Waals surface area (Å²) in [6.45, 7) is 7.74. The van der Waals surface area contributed by atoms with Gasteiger partial charge in [0, 0.05) is 6.54 Å². The normalized spacial score (nSPS) is 21.9. The lowest BCUT2D eigenvalue weighted by molar-refractivity contribution is 0.0739. The van der Waals surface area contributed by atoms with E-state index in [-0.39, 0.29) is 17.1 Å². The molecule has 1 rings (SSSR count). The van der Waals surface area contributed by atoms with Crippen molar-refractivity contribution in [3.63, 3.8) is 0 Å². The van der Waals surface area contributed by atoms with Crippen molar-refractivity contribution in [1.82, 2.24) is 4.90 Å². The van der Waals surface area contributed by atoms with Crippen LogP contribution in [-0.4, -0.2) is 55.2 Å². The number of nitrogens with zero attached hydrogens (tertiary/aromatic N) is 1. The summed E-state index contributed by atoms with van der Waals surface area (Å²) in [5.74, 6) is 0.636. The van der Waals surface area contributed by atoms with Crippen LogP contribution in [0.25, 0.3) is 0 Å². The highest BCUT2D eigenvalue weighted by atomic mass is 32.2. The van der Waals surface area contributed by atoms with E-state index in [9.17, 15) is 13.5 Å². The Morgan fingerprint density at radius 3 is 2.18 bits per heavy atom. The summed E-state index contributed by atoms with van der Waals surface area (Å²) in [6, 6.07) is 0. The summed E-state index contributed by atoms with van der Waals surface area (Å²) in [7, 11) is -2.92. The van der Waals surface area contributed by atoms with Gasteiger partial charge in [-0.1, -0.05) is 0 Å². The average Bonchev–Trinajstić information content (AvgIpc) is 2.27. The Labute approximate surface area is 105 Å². The summed E-state index contributed by atoms with van der Waals surface area (Å²) >= 11 is 0. The molecular weight excluding hydrogens is 238 g/mol. The lowest BCUT2D eigenvalue weighted by Crippen LogP contribution is -2.40. The first-order valence-electron chi connectivity index (χ1n) is 6.45. The number of aliphatic hydroxyl groups excluding tert-OH is 1. The summed E-state index contributed by atoms with van der Waals surface area (Å²) < 4.78 is 23.4. The second-order valence-electron chi connectivity index (χ2n) is 5.34. The Balaban J connectivity index is 2.32. The SMILES string of the molecule is CC(O)C1CCN(CCS(=O)(=O)C(C)C)CC1. The van der Waals surface area contributed by atoms with Crippen molar-refractivity contribution in [3.8, 4) is 0 Å². The molecule has 102 valence electrons. The van der Waals surface area contributed by atoms with Gasteiger partial charge in [0.1, 0.15) is 0 Å². The van der Waals surface area contributed by atoms with Crippen molar-refractivity contribution >= 4 is 9.84 Å². The average molecular weight is 263 g/mol. The van der Waals surface area contributed by atoms with E-state index in [1.165, 1.54) is 0 Å². The van der Waals surface area contributed by atoms with Crippen LogP contribution in [0.15, 0.2) is 0 Å². The van der Waals surface area contributed by atoms with Crippen LogP contribution in [0.4, 0.5) is 0 Å². The molecule has 1 aliphatic heterocycles. The first-order valence-corrected chi connectivity index (χ1v) is 8.16. The molecule has 0 spiro atoms. The lowest BCUT2D eigenvalue weighted by Gasteiger charge is -2.33. The number of rotatable bonds is 5. The zero-order chi connectivity index (χ0) is 13.1. The predicted molar refractivity (Wildman–Crippen MR) is 69.8 cm³/mol. The third kappa shape index (κ3) is 4.56. The van der Waals surface area contributed by atoms with Gasteiger partial charge in [-0.3, -0.25) is 0 Å². The van der Waals surface area contributed by atoms with Gasteiger partial charge in [0.05, 0.1) is 17.1 Å². The van der Waals surface area contributed by atoms with Gasteiger partial charge in [0.25, 0.3) is 0 Å². The number of likely N-dealkylation sites (tertiary alicyclic amines) is 1. The molecule has 5 heteroatoms. The highest BCUT2D eigenvalue weighted by molar-refractivity contribution is 7.92. The van der Waals surface area contributed by atoms with Crippen molar-refractivity contribution in [2.75, 3.05) is 25.4 Å². The smallest absolute Gasteiger partial charge is 0.153 e. The van der Waals surface area contributed by atoms with Gasteiger partial charge in [0.15, 0.2) is 9.84 Å². The molecule has 1 heterocycles. The van der Waals surface area contributed by atoms with Gasteiger partial charge < -0.3 is 10.0 Å². The number of sulfone groups is 1. The zero-order valence-corrected chi connectivity index (χ0v) is 11.9. The highest BCUT2D eigenvalue weighted by Gasteiger charge is 2.24. The quantitative estimate of drug-likeness (QED) is 0.801. The van der Waals surface area contributed by atoms with E-state index in [4.69, 9.17) is 0 Å². The van der Waals surface area contributed by atoms with Gasteiger partial charge >= 0.3 is 0 Å². The molecular formula is C12H25NO3S. The fourth-order valence-electron chi connectivity index (χ4n) is 2.15. The fourth-order valence-corrected chi connectivity index (χ4v) is 3.14. The van der Waals surface area contributed by atoms with Crippen molar-refractivity contribution in [1.29, 1.82) is 0 Å².